The van der Waals surface area contributed by atoms with Gasteiger partial charge in [-0.2, -0.15) is 8.78 Å². The van der Waals surface area contributed by atoms with Crippen molar-refractivity contribution in [1.29, 1.82) is 0 Å². The Morgan fingerprint density at radius 3 is 2.35 bits per heavy atom. The fourth-order valence-corrected chi connectivity index (χ4v) is 4.79. The van der Waals surface area contributed by atoms with E-state index in [1.807, 2.05) is 60.8 Å². The van der Waals surface area contributed by atoms with Gasteiger partial charge in [0.05, 0.1) is 0 Å². The van der Waals surface area contributed by atoms with Crippen molar-refractivity contribution in [3.05, 3.63) is 96.2 Å². The topological polar surface area (TPSA) is 71.2 Å². The molecule has 160 valence electrons. The Bertz CT molecular complexity index is 1270. The van der Waals surface area contributed by atoms with Crippen molar-refractivity contribution in [3.8, 4) is 5.75 Å². The SMILES string of the molecule is O=S(=O)(NCC(c1ccccc1)c1c[nH]c2ccccc12)c1ccccc1OC(F)F. The number of para-hydroxylation sites is 2. The third-order valence-corrected chi connectivity index (χ3v) is 6.49. The van der Waals surface area contributed by atoms with E-state index in [1.165, 1.54) is 24.3 Å². The molecule has 0 amide bonds. The minimum absolute atomic E-state index is 0.0389. The van der Waals surface area contributed by atoms with Gasteiger partial charge in [-0.05, 0) is 29.3 Å². The molecule has 0 saturated carbocycles. The molecule has 0 spiro atoms. The zero-order valence-electron chi connectivity index (χ0n) is 16.3. The number of H-pyrrole nitrogens is 1. The number of benzene rings is 3. The van der Waals surface area contributed by atoms with E-state index < -0.39 is 22.4 Å². The molecule has 0 saturated heterocycles. The number of hydrogen-bond acceptors (Lipinski definition) is 3. The van der Waals surface area contributed by atoms with Crippen LogP contribution in [0.4, 0.5) is 8.78 Å². The zero-order chi connectivity index (χ0) is 21.8. The predicted octanol–water partition coefficient (Wildman–Crippen LogP) is 4.88. The highest BCUT2D eigenvalue weighted by Crippen LogP contribution is 2.31. The number of aromatic amines is 1. The number of sulfonamides is 1. The smallest absolute Gasteiger partial charge is 0.387 e. The van der Waals surface area contributed by atoms with Gasteiger partial charge in [-0.1, -0.05) is 60.7 Å². The molecule has 8 heteroatoms. The summed E-state index contributed by atoms with van der Waals surface area (Å²) in [6.07, 6.45) is 1.87. The van der Waals surface area contributed by atoms with Gasteiger partial charge in [-0.25, -0.2) is 13.1 Å². The number of rotatable bonds is 8. The summed E-state index contributed by atoms with van der Waals surface area (Å²) in [5.41, 5.74) is 2.80. The van der Waals surface area contributed by atoms with Crippen molar-refractivity contribution in [3.63, 3.8) is 0 Å². The Balaban J connectivity index is 1.68. The molecular formula is C23H20F2N2O3S. The third-order valence-electron chi connectivity index (χ3n) is 5.03. The van der Waals surface area contributed by atoms with Crippen molar-refractivity contribution in [2.45, 2.75) is 17.4 Å². The second kappa shape index (κ2) is 8.87. The number of alkyl halides is 2. The van der Waals surface area contributed by atoms with E-state index in [2.05, 4.69) is 14.4 Å². The van der Waals surface area contributed by atoms with E-state index >= 15 is 0 Å². The third kappa shape index (κ3) is 4.60. The number of nitrogens with one attached hydrogen (secondary N) is 2. The molecule has 4 aromatic rings. The Morgan fingerprint density at radius 2 is 1.58 bits per heavy atom. The van der Waals surface area contributed by atoms with Gasteiger partial charge in [0.15, 0.2) is 0 Å². The van der Waals surface area contributed by atoms with Crippen LogP contribution in [-0.4, -0.2) is 26.6 Å². The molecule has 3 aromatic carbocycles. The van der Waals surface area contributed by atoms with E-state index in [4.69, 9.17) is 0 Å². The summed E-state index contributed by atoms with van der Waals surface area (Å²) in [4.78, 5) is 2.89. The highest BCUT2D eigenvalue weighted by atomic mass is 32.2. The lowest BCUT2D eigenvalue weighted by Crippen LogP contribution is -2.29. The van der Waals surface area contributed by atoms with Gasteiger partial charge in [0.2, 0.25) is 10.0 Å². The molecule has 5 nitrogen and oxygen atoms in total. The maximum atomic E-state index is 13.0. The van der Waals surface area contributed by atoms with Gasteiger partial charge in [0.1, 0.15) is 10.6 Å². The number of ether oxygens (including phenoxy) is 1. The van der Waals surface area contributed by atoms with E-state index in [1.54, 1.807) is 0 Å². The molecule has 2 N–H and O–H groups in total. The first-order valence-electron chi connectivity index (χ1n) is 9.60. The summed E-state index contributed by atoms with van der Waals surface area (Å²) in [6.45, 7) is -3.09. The monoisotopic (exact) mass is 442 g/mol. The maximum Gasteiger partial charge on any atom is 0.387 e. The minimum Gasteiger partial charge on any atom is -0.433 e. The van der Waals surface area contributed by atoms with Gasteiger partial charge in [0, 0.05) is 29.6 Å². The van der Waals surface area contributed by atoms with Crippen LogP contribution in [0.2, 0.25) is 0 Å². The molecule has 0 aliphatic rings. The lowest BCUT2D eigenvalue weighted by molar-refractivity contribution is -0.0517. The summed E-state index contributed by atoms with van der Waals surface area (Å²) in [5.74, 6) is -0.691. The van der Waals surface area contributed by atoms with Crippen molar-refractivity contribution >= 4 is 20.9 Å². The van der Waals surface area contributed by atoms with Gasteiger partial charge < -0.3 is 9.72 Å². The number of aromatic nitrogens is 1. The van der Waals surface area contributed by atoms with E-state index in [-0.39, 0.29) is 17.4 Å². The average molecular weight is 442 g/mol. The van der Waals surface area contributed by atoms with Crippen LogP contribution < -0.4 is 9.46 Å². The van der Waals surface area contributed by atoms with Gasteiger partial charge in [-0.15, -0.1) is 0 Å². The molecule has 1 atom stereocenters. The Morgan fingerprint density at radius 1 is 0.903 bits per heavy atom. The molecule has 1 unspecified atom stereocenters. The normalized spacial score (nSPS) is 12.9. The van der Waals surface area contributed by atoms with E-state index in [9.17, 15) is 17.2 Å². The molecule has 0 aliphatic carbocycles. The summed E-state index contributed by atoms with van der Waals surface area (Å²) >= 11 is 0. The Hall–Kier alpha value is -3.23. The highest BCUT2D eigenvalue weighted by molar-refractivity contribution is 7.89. The number of halogens is 2. The minimum atomic E-state index is -4.10. The largest absolute Gasteiger partial charge is 0.433 e. The lowest BCUT2D eigenvalue weighted by atomic mass is 9.91. The fraction of sp³-hybridized carbons (Fsp3) is 0.130. The van der Waals surface area contributed by atoms with Crippen LogP contribution >= 0.6 is 0 Å². The summed E-state index contributed by atoms with van der Waals surface area (Å²) < 4.78 is 58.3. The molecule has 4 rings (SSSR count). The average Bonchev–Trinajstić information content (AvgIpc) is 3.18. The van der Waals surface area contributed by atoms with Crippen molar-refractivity contribution in [2.24, 2.45) is 0 Å². The molecule has 1 aromatic heterocycles. The molecule has 0 fully saturated rings. The van der Waals surface area contributed by atoms with Crippen LogP contribution in [0.15, 0.2) is 90.0 Å². The molecule has 0 aliphatic heterocycles. The van der Waals surface area contributed by atoms with Crippen molar-refractivity contribution < 1.29 is 21.9 Å². The van der Waals surface area contributed by atoms with Crippen LogP contribution in [0.3, 0.4) is 0 Å². The first kappa shape index (κ1) is 21.0. The van der Waals surface area contributed by atoms with Crippen LogP contribution in [0.25, 0.3) is 10.9 Å². The summed E-state index contributed by atoms with van der Waals surface area (Å²) in [7, 11) is -4.10. The molecule has 0 bridgehead atoms. The predicted molar refractivity (Wildman–Crippen MR) is 115 cm³/mol. The summed E-state index contributed by atoms with van der Waals surface area (Å²) in [6, 6.07) is 22.6. The van der Waals surface area contributed by atoms with Crippen molar-refractivity contribution in [2.75, 3.05) is 6.54 Å². The quantitative estimate of drug-likeness (QED) is 0.409. The van der Waals surface area contributed by atoms with Crippen LogP contribution in [-0.2, 0) is 10.0 Å². The first-order chi connectivity index (χ1) is 15.0. The fourth-order valence-electron chi connectivity index (χ4n) is 3.61. The van der Waals surface area contributed by atoms with Crippen LogP contribution in [0.5, 0.6) is 5.75 Å². The van der Waals surface area contributed by atoms with E-state index in [0.29, 0.717) is 0 Å². The maximum absolute atomic E-state index is 13.0. The molecular weight excluding hydrogens is 422 g/mol. The molecule has 1 heterocycles. The van der Waals surface area contributed by atoms with Gasteiger partial charge in [-0.3, -0.25) is 0 Å². The Kier molecular flexibility index (Phi) is 6.01. The first-order valence-corrected chi connectivity index (χ1v) is 11.1. The van der Waals surface area contributed by atoms with E-state index in [0.717, 1.165) is 22.0 Å². The second-order valence-electron chi connectivity index (χ2n) is 6.93. The Labute approximate surface area is 178 Å². The molecule has 31 heavy (non-hydrogen) atoms. The van der Waals surface area contributed by atoms with Gasteiger partial charge >= 0.3 is 6.61 Å². The summed E-state index contributed by atoms with van der Waals surface area (Å²) in [5, 5.41) is 0.983. The highest BCUT2D eigenvalue weighted by Gasteiger charge is 2.25. The second-order valence-corrected chi connectivity index (χ2v) is 8.67. The van der Waals surface area contributed by atoms with Gasteiger partial charge in [0.25, 0.3) is 0 Å². The van der Waals surface area contributed by atoms with Crippen LogP contribution in [0.1, 0.15) is 17.0 Å². The lowest BCUT2D eigenvalue weighted by Gasteiger charge is -2.19. The van der Waals surface area contributed by atoms with Crippen molar-refractivity contribution in [1.82, 2.24) is 9.71 Å². The zero-order valence-corrected chi connectivity index (χ0v) is 17.2. The molecule has 0 radical (unpaired) electrons. The standard InChI is InChI=1S/C23H20F2N2O3S/c24-23(25)30-21-12-6-7-13-22(21)31(28,29)27-15-18(16-8-2-1-3-9-16)19-14-26-20-11-5-4-10-17(19)20/h1-14,18,23,26-27H,15H2. The number of hydrogen-bond donors (Lipinski definition) is 2. The van der Waals surface area contributed by atoms with Crippen LogP contribution in [0, 0.1) is 0 Å². The number of fused-ring (bicyclic) bond motifs is 1.